The minimum Gasteiger partial charge on any atom is -0.465 e. The zero-order chi connectivity index (χ0) is 25.3. The molecular weight excluding hydrogens is 490 g/mol. The SMILES string of the molecule is COC(=O)c1ccc(C(F)(F)F)c(S(=O)(=O)Nc2cc(C(F)(F)F)ccc2N2CCCCC2)c1. The number of alkyl halides is 6. The number of rotatable bonds is 5. The highest BCUT2D eigenvalue weighted by Crippen LogP contribution is 2.39. The lowest BCUT2D eigenvalue weighted by molar-refractivity contribution is -0.140. The van der Waals surface area contributed by atoms with Crippen molar-refractivity contribution in [1.29, 1.82) is 0 Å². The van der Waals surface area contributed by atoms with Gasteiger partial charge in [0.2, 0.25) is 0 Å². The average Bonchev–Trinajstić information content (AvgIpc) is 2.77. The van der Waals surface area contributed by atoms with Gasteiger partial charge >= 0.3 is 18.3 Å². The molecule has 1 aliphatic rings. The van der Waals surface area contributed by atoms with Gasteiger partial charge in [-0.1, -0.05) is 0 Å². The number of ether oxygens (including phenoxy) is 1. The highest BCUT2D eigenvalue weighted by atomic mass is 32.2. The highest BCUT2D eigenvalue weighted by molar-refractivity contribution is 7.92. The van der Waals surface area contributed by atoms with Crippen LogP contribution in [0.15, 0.2) is 41.3 Å². The van der Waals surface area contributed by atoms with Crippen molar-refractivity contribution >= 4 is 27.4 Å². The summed E-state index contributed by atoms with van der Waals surface area (Å²) in [5.41, 5.74) is -3.65. The Morgan fingerprint density at radius 2 is 1.59 bits per heavy atom. The van der Waals surface area contributed by atoms with E-state index in [-0.39, 0.29) is 5.69 Å². The summed E-state index contributed by atoms with van der Waals surface area (Å²) in [6.45, 7) is 0.872. The largest absolute Gasteiger partial charge is 0.465 e. The van der Waals surface area contributed by atoms with Gasteiger partial charge in [-0.05, 0) is 55.7 Å². The van der Waals surface area contributed by atoms with Gasteiger partial charge in [0.25, 0.3) is 10.0 Å². The molecular formula is C21H20F6N2O4S. The Kier molecular flexibility index (Phi) is 7.06. The second-order valence-corrected chi connectivity index (χ2v) is 9.23. The lowest BCUT2D eigenvalue weighted by Gasteiger charge is -2.31. The molecule has 0 unspecified atom stereocenters. The molecule has 0 saturated carbocycles. The van der Waals surface area contributed by atoms with Crippen LogP contribution in [0.4, 0.5) is 37.7 Å². The lowest BCUT2D eigenvalue weighted by Crippen LogP contribution is -2.31. The number of nitrogens with one attached hydrogen (secondary N) is 1. The third-order valence-electron chi connectivity index (χ3n) is 5.26. The van der Waals surface area contributed by atoms with Crippen molar-refractivity contribution in [2.45, 2.75) is 36.5 Å². The summed E-state index contributed by atoms with van der Waals surface area (Å²) in [7, 11) is -4.13. The molecule has 6 nitrogen and oxygen atoms in total. The number of hydrogen-bond donors (Lipinski definition) is 1. The molecule has 0 atom stereocenters. The molecule has 1 fully saturated rings. The predicted molar refractivity (Wildman–Crippen MR) is 111 cm³/mol. The normalized spacial score (nSPS) is 15.2. The fourth-order valence-corrected chi connectivity index (χ4v) is 4.95. The number of carbonyl (C=O) groups is 1. The van der Waals surface area contributed by atoms with Crippen molar-refractivity contribution < 1.29 is 44.3 Å². The molecule has 2 aromatic rings. The monoisotopic (exact) mass is 510 g/mol. The molecule has 13 heteroatoms. The summed E-state index contributed by atoms with van der Waals surface area (Å²) in [6.07, 6.45) is -7.63. The lowest BCUT2D eigenvalue weighted by atomic mass is 10.1. The van der Waals surface area contributed by atoms with Crippen LogP contribution in [0.25, 0.3) is 0 Å². The fourth-order valence-electron chi connectivity index (χ4n) is 3.63. The summed E-state index contributed by atoms with van der Waals surface area (Å²) in [4.78, 5) is 12.1. The molecule has 0 bridgehead atoms. The highest BCUT2D eigenvalue weighted by Gasteiger charge is 2.39. The van der Waals surface area contributed by atoms with Gasteiger partial charge in [0.05, 0.1) is 35.2 Å². The number of anilines is 2. The second-order valence-electron chi connectivity index (χ2n) is 7.58. The van der Waals surface area contributed by atoms with Crippen LogP contribution in [0.2, 0.25) is 0 Å². The minimum absolute atomic E-state index is 0.106. The van der Waals surface area contributed by atoms with Crippen LogP contribution in [-0.4, -0.2) is 34.6 Å². The molecule has 0 spiro atoms. The molecule has 0 radical (unpaired) electrons. The van der Waals surface area contributed by atoms with Crippen LogP contribution in [0, 0.1) is 0 Å². The van der Waals surface area contributed by atoms with Crippen LogP contribution >= 0.6 is 0 Å². The molecule has 1 N–H and O–H groups in total. The third kappa shape index (κ3) is 5.57. The summed E-state index contributed by atoms with van der Waals surface area (Å²) in [5.74, 6) is -1.08. The Labute approximate surface area is 191 Å². The van der Waals surface area contributed by atoms with E-state index < -0.39 is 55.6 Å². The van der Waals surface area contributed by atoms with Gasteiger partial charge in [-0.15, -0.1) is 0 Å². The minimum atomic E-state index is -5.12. The quantitative estimate of drug-likeness (QED) is 0.437. The van der Waals surface area contributed by atoms with E-state index >= 15 is 0 Å². The Balaban J connectivity index is 2.15. The molecule has 0 aromatic heterocycles. The zero-order valence-corrected chi connectivity index (χ0v) is 18.6. The first kappa shape index (κ1) is 25.7. The number of nitrogens with zero attached hydrogens (tertiary/aromatic N) is 1. The molecule has 1 heterocycles. The van der Waals surface area contributed by atoms with E-state index in [4.69, 9.17) is 0 Å². The second kappa shape index (κ2) is 9.35. The summed E-state index contributed by atoms with van der Waals surface area (Å²) < 4.78 is 113. The van der Waals surface area contributed by atoms with Crippen LogP contribution in [0.5, 0.6) is 0 Å². The maximum atomic E-state index is 13.6. The Morgan fingerprint density at radius 1 is 0.941 bits per heavy atom. The Morgan fingerprint density at radius 3 is 2.15 bits per heavy atom. The van der Waals surface area contributed by atoms with Crippen LogP contribution in [0.3, 0.4) is 0 Å². The first-order chi connectivity index (χ1) is 15.7. The van der Waals surface area contributed by atoms with E-state index in [0.29, 0.717) is 44.1 Å². The number of piperidine rings is 1. The van der Waals surface area contributed by atoms with Crippen molar-refractivity contribution in [2.24, 2.45) is 0 Å². The van der Waals surface area contributed by atoms with Crippen molar-refractivity contribution in [2.75, 3.05) is 29.8 Å². The number of carbonyl (C=O) groups excluding carboxylic acids is 1. The summed E-state index contributed by atoms with van der Waals surface area (Å²) >= 11 is 0. The fraction of sp³-hybridized carbons (Fsp3) is 0.381. The number of hydrogen-bond acceptors (Lipinski definition) is 5. The predicted octanol–water partition coefficient (Wildman–Crippen LogP) is 5.30. The molecule has 34 heavy (non-hydrogen) atoms. The Bertz CT molecular complexity index is 1170. The molecule has 0 aliphatic carbocycles. The van der Waals surface area contributed by atoms with Gasteiger partial charge in [0.1, 0.15) is 4.90 Å². The number of methoxy groups -OCH3 is 1. The van der Waals surface area contributed by atoms with E-state index in [2.05, 4.69) is 4.74 Å². The maximum Gasteiger partial charge on any atom is 0.417 e. The van der Waals surface area contributed by atoms with Crippen molar-refractivity contribution in [3.63, 3.8) is 0 Å². The number of esters is 1. The van der Waals surface area contributed by atoms with E-state index in [1.807, 2.05) is 4.72 Å². The first-order valence-corrected chi connectivity index (χ1v) is 11.5. The van der Waals surface area contributed by atoms with Crippen LogP contribution < -0.4 is 9.62 Å². The van der Waals surface area contributed by atoms with Gasteiger partial charge in [-0.25, -0.2) is 13.2 Å². The van der Waals surface area contributed by atoms with Gasteiger partial charge in [-0.3, -0.25) is 4.72 Å². The average molecular weight is 510 g/mol. The van der Waals surface area contributed by atoms with Gasteiger partial charge in [-0.2, -0.15) is 26.3 Å². The number of sulfonamides is 1. The summed E-state index contributed by atoms with van der Waals surface area (Å²) in [6, 6.07) is 4.03. The van der Waals surface area contributed by atoms with Gasteiger partial charge < -0.3 is 9.64 Å². The first-order valence-electron chi connectivity index (χ1n) is 10.0. The standard InChI is InChI=1S/C21H20F6N2O4S/c1-33-19(30)13-5-7-15(21(25,26)27)18(11-13)34(31,32)28-16-12-14(20(22,23)24)6-8-17(16)29-9-3-2-4-10-29/h5-8,11-12,28H,2-4,9-10H2,1H3. The topological polar surface area (TPSA) is 75.7 Å². The number of benzene rings is 2. The van der Waals surface area contributed by atoms with E-state index in [9.17, 15) is 39.6 Å². The zero-order valence-electron chi connectivity index (χ0n) is 17.8. The van der Waals surface area contributed by atoms with Crippen molar-refractivity contribution in [1.82, 2.24) is 0 Å². The molecule has 0 amide bonds. The van der Waals surface area contributed by atoms with E-state index in [1.165, 1.54) is 0 Å². The Hall–Kier alpha value is -2.96. The molecule has 1 aliphatic heterocycles. The molecule has 3 rings (SSSR count). The van der Waals surface area contributed by atoms with Gasteiger partial charge in [0, 0.05) is 13.1 Å². The smallest absolute Gasteiger partial charge is 0.417 e. The maximum absolute atomic E-state index is 13.6. The molecule has 1 saturated heterocycles. The molecule has 186 valence electrons. The van der Waals surface area contributed by atoms with Crippen LogP contribution in [-0.2, 0) is 27.1 Å². The third-order valence-corrected chi connectivity index (χ3v) is 6.67. The number of halogens is 6. The van der Waals surface area contributed by atoms with E-state index in [0.717, 1.165) is 31.7 Å². The van der Waals surface area contributed by atoms with Crippen molar-refractivity contribution in [3.05, 3.63) is 53.1 Å². The van der Waals surface area contributed by atoms with Crippen molar-refractivity contribution in [3.8, 4) is 0 Å². The van der Waals surface area contributed by atoms with Gasteiger partial charge in [0.15, 0.2) is 0 Å². The van der Waals surface area contributed by atoms with Crippen LogP contribution in [0.1, 0.15) is 40.7 Å². The molecule has 2 aromatic carbocycles. The van der Waals surface area contributed by atoms with E-state index in [1.54, 1.807) is 4.90 Å². The summed E-state index contributed by atoms with van der Waals surface area (Å²) in [5, 5.41) is 0.